The van der Waals surface area contributed by atoms with Crippen LogP contribution in [0.3, 0.4) is 0 Å². The van der Waals surface area contributed by atoms with E-state index in [4.69, 9.17) is 19.4 Å². The van der Waals surface area contributed by atoms with Gasteiger partial charge in [0, 0.05) is 44.0 Å². The maximum absolute atomic E-state index is 11.4. The minimum Gasteiger partial charge on any atom is -0.480 e. The van der Waals surface area contributed by atoms with Crippen molar-refractivity contribution >= 4 is 29.4 Å². The molecule has 172 valence electrons. The number of nitrogens with zero attached hydrogens (tertiary/aromatic N) is 5. The molecule has 1 unspecified atom stereocenters. The van der Waals surface area contributed by atoms with Crippen LogP contribution < -0.4 is 20.3 Å². The van der Waals surface area contributed by atoms with Gasteiger partial charge in [0.05, 0.1) is 20.3 Å². The van der Waals surface area contributed by atoms with Crippen LogP contribution in [0, 0.1) is 6.92 Å². The summed E-state index contributed by atoms with van der Waals surface area (Å²) in [6, 6.07) is 3.65. The molecule has 2 aromatic heterocycles. The number of ether oxygens (including phenoxy) is 2. The average molecular weight is 444 g/mol. The third kappa shape index (κ3) is 4.93. The van der Waals surface area contributed by atoms with Crippen LogP contribution in [0.15, 0.2) is 18.3 Å². The van der Waals surface area contributed by atoms with Crippen LogP contribution in [0.25, 0.3) is 0 Å². The zero-order chi connectivity index (χ0) is 22.5. The van der Waals surface area contributed by atoms with E-state index < -0.39 is 6.09 Å². The molecule has 4 rings (SSSR count). The van der Waals surface area contributed by atoms with E-state index in [0.717, 1.165) is 37.3 Å². The molecule has 0 saturated carbocycles. The van der Waals surface area contributed by atoms with Crippen molar-refractivity contribution in [3.05, 3.63) is 23.9 Å². The van der Waals surface area contributed by atoms with E-state index >= 15 is 0 Å². The first-order valence-corrected chi connectivity index (χ1v) is 10.8. The number of anilines is 4. The highest BCUT2D eigenvalue weighted by molar-refractivity contribution is 5.70. The predicted molar refractivity (Wildman–Crippen MR) is 120 cm³/mol. The molecule has 0 bridgehead atoms. The van der Waals surface area contributed by atoms with Gasteiger partial charge in [-0.05, 0) is 31.9 Å². The second-order valence-electron chi connectivity index (χ2n) is 7.84. The molecule has 2 aliphatic rings. The lowest BCUT2D eigenvalue weighted by molar-refractivity contribution is 0.122. The van der Waals surface area contributed by atoms with Crippen LogP contribution in [0.5, 0.6) is 5.88 Å². The average Bonchev–Trinajstić information content (AvgIpc) is 2.82. The highest BCUT2D eigenvalue weighted by atomic mass is 16.5. The Bertz CT molecular complexity index is 952. The normalized spacial score (nSPS) is 18.9. The van der Waals surface area contributed by atoms with Crippen molar-refractivity contribution in [2.24, 2.45) is 0 Å². The smallest absolute Gasteiger partial charge is 0.407 e. The number of hydrogen-bond acceptors (Lipinski definition) is 9. The number of carbonyl (C=O) groups is 1. The van der Waals surface area contributed by atoms with Gasteiger partial charge in [-0.1, -0.05) is 0 Å². The van der Waals surface area contributed by atoms with Gasteiger partial charge in [-0.3, -0.25) is 0 Å². The minimum atomic E-state index is -0.902. The van der Waals surface area contributed by atoms with Crippen molar-refractivity contribution in [2.45, 2.75) is 25.8 Å². The summed E-state index contributed by atoms with van der Waals surface area (Å²) in [5.74, 6) is 2.39. The number of pyridine rings is 1. The molecule has 2 aliphatic heterocycles. The number of carboxylic acid groups (broad SMARTS) is 1. The summed E-state index contributed by atoms with van der Waals surface area (Å²) >= 11 is 0. The van der Waals surface area contributed by atoms with Gasteiger partial charge in [0.2, 0.25) is 11.8 Å². The lowest BCUT2D eigenvalue weighted by atomic mass is 10.1. The maximum Gasteiger partial charge on any atom is 0.407 e. The molecule has 3 N–H and O–H groups in total. The van der Waals surface area contributed by atoms with Crippen molar-refractivity contribution in [3.8, 4) is 5.88 Å². The van der Waals surface area contributed by atoms with Gasteiger partial charge in [0.15, 0.2) is 0 Å². The molecular weight excluding hydrogens is 414 g/mol. The third-order valence-electron chi connectivity index (χ3n) is 5.67. The van der Waals surface area contributed by atoms with Gasteiger partial charge in [-0.15, -0.1) is 0 Å². The second kappa shape index (κ2) is 9.86. The summed E-state index contributed by atoms with van der Waals surface area (Å²) in [5.41, 5.74) is 1.60. The van der Waals surface area contributed by atoms with Crippen LogP contribution in [0.2, 0.25) is 0 Å². The largest absolute Gasteiger partial charge is 0.480 e. The number of aromatic nitrogens is 3. The second-order valence-corrected chi connectivity index (χ2v) is 7.84. The Hall–Kier alpha value is -3.34. The Morgan fingerprint density at radius 3 is 2.84 bits per heavy atom. The summed E-state index contributed by atoms with van der Waals surface area (Å²) in [5, 5.41) is 16.0. The molecule has 1 amide bonds. The number of rotatable bonds is 6. The van der Waals surface area contributed by atoms with Crippen LogP contribution in [-0.2, 0) is 4.74 Å². The molecule has 11 heteroatoms. The Balaban J connectivity index is 1.64. The fourth-order valence-corrected chi connectivity index (χ4v) is 4.00. The van der Waals surface area contributed by atoms with Crippen molar-refractivity contribution in [3.63, 3.8) is 0 Å². The number of piperidine rings is 1. The molecule has 1 atom stereocenters. The van der Waals surface area contributed by atoms with Crippen LogP contribution in [0.1, 0.15) is 18.4 Å². The third-order valence-corrected chi connectivity index (χ3v) is 5.67. The quantitative estimate of drug-likeness (QED) is 0.612. The summed E-state index contributed by atoms with van der Waals surface area (Å²) in [4.78, 5) is 28.8. The van der Waals surface area contributed by atoms with Crippen molar-refractivity contribution in [1.29, 1.82) is 0 Å². The lowest BCUT2D eigenvalue weighted by Gasteiger charge is -2.32. The first kappa shape index (κ1) is 21.9. The molecule has 0 radical (unpaired) electrons. The molecule has 2 aromatic rings. The van der Waals surface area contributed by atoms with E-state index in [2.05, 4.69) is 20.5 Å². The van der Waals surface area contributed by atoms with Crippen molar-refractivity contribution in [2.75, 3.05) is 62.0 Å². The van der Waals surface area contributed by atoms with E-state index in [9.17, 15) is 9.90 Å². The van der Waals surface area contributed by atoms with Crippen LogP contribution in [-0.4, -0.2) is 83.6 Å². The number of morpholine rings is 1. The summed E-state index contributed by atoms with van der Waals surface area (Å²) in [6.45, 7) is 5.69. The zero-order valence-electron chi connectivity index (χ0n) is 18.4. The molecule has 11 nitrogen and oxygen atoms in total. The van der Waals surface area contributed by atoms with E-state index in [1.54, 1.807) is 13.3 Å². The van der Waals surface area contributed by atoms with E-state index in [-0.39, 0.29) is 6.04 Å². The molecule has 0 aliphatic carbocycles. The van der Waals surface area contributed by atoms with Crippen molar-refractivity contribution < 1.29 is 19.4 Å². The van der Waals surface area contributed by atoms with Crippen LogP contribution >= 0.6 is 0 Å². The van der Waals surface area contributed by atoms with E-state index in [0.29, 0.717) is 49.6 Å². The Labute approximate surface area is 186 Å². The first-order valence-electron chi connectivity index (χ1n) is 10.8. The number of nitrogens with one attached hydrogen (secondary N) is 2. The van der Waals surface area contributed by atoms with E-state index in [1.165, 1.54) is 4.90 Å². The molecule has 32 heavy (non-hydrogen) atoms. The Morgan fingerprint density at radius 2 is 2.09 bits per heavy atom. The minimum absolute atomic E-state index is 0.0547. The first-order chi connectivity index (χ1) is 15.5. The standard InChI is InChI=1S/C21H29N7O4/c1-14-17(24-16-6-3-7-22-19(16)31-2)25-20(26-18(14)27-9-11-32-12-10-27)23-15-5-4-8-28(13-15)21(29)30/h3,6-7,15H,4-5,8-13H2,1-2H3,(H,29,30)(H2,23,24,25,26). The summed E-state index contributed by atoms with van der Waals surface area (Å²) < 4.78 is 10.9. The SMILES string of the molecule is COc1ncccc1Nc1nc(NC2CCCN(C(=O)O)C2)nc(N2CCOCC2)c1C. The van der Waals surface area contributed by atoms with Crippen LogP contribution in [0.4, 0.5) is 28.1 Å². The Kier molecular flexibility index (Phi) is 6.74. The van der Waals surface area contributed by atoms with Crippen molar-refractivity contribution in [1.82, 2.24) is 19.9 Å². The maximum atomic E-state index is 11.4. The highest BCUT2D eigenvalue weighted by Crippen LogP contribution is 2.31. The summed E-state index contributed by atoms with van der Waals surface area (Å²) in [7, 11) is 1.57. The molecule has 0 spiro atoms. The lowest BCUT2D eigenvalue weighted by Crippen LogP contribution is -2.44. The molecule has 0 aromatic carbocycles. The Morgan fingerprint density at radius 1 is 1.28 bits per heavy atom. The fourth-order valence-electron chi connectivity index (χ4n) is 4.00. The molecule has 2 saturated heterocycles. The number of hydrogen-bond donors (Lipinski definition) is 3. The van der Waals surface area contributed by atoms with E-state index in [1.807, 2.05) is 19.1 Å². The van der Waals surface area contributed by atoms with Gasteiger partial charge < -0.3 is 35.0 Å². The van der Waals surface area contributed by atoms with Gasteiger partial charge in [0.25, 0.3) is 0 Å². The predicted octanol–water partition coefficient (Wildman–Crippen LogP) is 2.32. The topological polar surface area (TPSA) is 125 Å². The number of likely N-dealkylation sites (tertiary alicyclic amines) is 1. The van der Waals surface area contributed by atoms with Gasteiger partial charge in [-0.25, -0.2) is 9.78 Å². The summed E-state index contributed by atoms with van der Waals surface area (Å²) in [6.07, 6.45) is 2.42. The molecule has 4 heterocycles. The molecule has 2 fully saturated rings. The van der Waals surface area contributed by atoms with Gasteiger partial charge in [0.1, 0.15) is 17.3 Å². The fraction of sp³-hybridized carbons (Fsp3) is 0.524. The highest BCUT2D eigenvalue weighted by Gasteiger charge is 2.25. The molecular formula is C21H29N7O4. The number of amides is 1. The number of methoxy groups -OCH3 is 1. The zero-order valence-corrected chi connectivity index (χ0v) is 18.4. The van der Waals surface area contributed by atoms with Gasteiger partial charge >= 0.3 is 6.09 Å². The van der Waals surface area contributed by atoms with Gasteiger partial charge in [-0.2, -0.15) is 9.97 Å². The monoisotopic (exact) mass is 443 g/mol.